The Morgan fingerprint density at radius 2 is 1.62 bits per heavy atom. The van der Waals surface area contributed by atoms with Gasteiger partial charge in [-0.1, -0.05) is 35.4 Å². The van der Waals surface area contributed by atoms with E-state index in [1.165, 1.54) is 13.2 Å². The van der Waals surface area contributed by atoms with Crippen LogP contribution in [0.3, 0.4) is 0 Å². The number of carbonyl (C=O) groups excluding carboxylic acids is 3. The van der Waals surface area contributed by atoms with E-state index < -0.39 is 17.8 Å². The topological polar surface area (TPSA) is 84.9 Å². The molecule has 0 unspecified atom stereocenters. The van der Waals surface area contributed by atoms with E-state index in [9.17, 15) is 14.4 Å². The van der Waals surface area contributed by atoms with E-state index in [0.717, 1.165) is 36.3 Å². The Kier molecular flexibility index (Phi) is 7.68. The lowest BCUT2D eigenvalue weighted by Gasteiger charge is -2.27. The molecule has 1 N–H and O–H groups in total. The number of anilines is 1. The van der Waals surface area contributed by atoms with Crippen LogP contribution in [0.4, 0.5) is 10.5 Å². The molecule has 8 heteroatoms. The maximum atomic E-state index is 13.3. The van der Waals surface area contributed by atoms with Gasteiger partial charge in [-0.15, -0.1) is 0 Å². The van der Waals surface area contributed by atoms with Crippen LogP contribution >= 0.6 is 22.6 Å². The summed E-state index contributed by atoms with van der Waals surface area (Å²) in [4.78, 5) is 39.4. The smallest absolute Gasteiger partial charge is 0.335 e. The van der Waals surface area contributed by atoms with Crippen LogP contribution in [0.5, 0.6) is 11.5 Å². The van der Waals surface area contributed by atoms with Crippen LogP contribution in [0.1, 0.15) is 33.4 Å². The first-order valence-electron chi connectivity index (χ1n) is 11.6. The number of nitrogens with one attached hydrogen (secondary N) is 1. The summed E-state index contributed by atoms with van der Waals surface area (Å²) in [5.41, 5.74) is 6.12. The number of methoxy groups -OCH3 is 1. The summed E-state index contributed by atoms with van der Waals surface area (Å²) in [7, 11) is 1.53. The number of amides is 4. The minimum atomic E-state index is -0.780. The summed E-state index contributed by atoms with van der Waals surface area (Å²) in [5.74, 6) is -0.412. The second-order valence-electron chi connectivity index (χ2n) is 9.05. The standard InChI is InChI=1S/C29H27IN2O5/c1-16-8-17(2)10-21(9-16)15-37-26-24(30)13-20(14-25(26)36-5)12-23-27(33)31-29(35)32(28(23)34)22-7-6-18(3)19(4)11-22/h6-14H,15H2,1-5H3,(H,31,33,35)/b23-12+. The number of halogens is 1. The fraction of sp³-hybridized carbons (Fsp3) is 0.207. The van der Waals surface area contributed by atoms with Crippen LogP contribution in [-0.4, -0.2) is 25.0 Å². The van der Waals surface area contributed by atoms with Crippen LogP contribution < -0.4 is 19.7 Å². The van der Waals surface area contributed by atoms with Crippen molar-refractivity contribution in [3.05, 3.63) is 91.1 Å². The average Bonchev–Trinajstić information content (AvgIpc) is 2.82. The van der Waals surface area contributed by atoms with E-state index in [4.69, 9.17) is 9.47 Å². The summed E-state index contributed by atoms with van der Waals surface area (Å²) >= 11 is 2.13. The van der Waals surface area contributed by atoms with Crippen molar-refractivity contribution in [2.75, 3.05) is 12.0 Å². The molecule has 0 spiro atoms. The Morgan fingerprint density at radius 1 is 0.919 bits per heavy atom. The lowest BCUT2D eigenvalue weighted by molar-refractivity contribution is -0.122. The lowest BCUT2D eigenvalue weighted by Crippen LogP contribution is -2.54. The summed E-state index contributed by atoms with van der Waals surface area (Å²) in [6.45, 7) is 8.28. The number of rotatable bonds is 6. The molecule has 190 valence electrons. The van der Waals surface area contributed by atoms with Gasteiger partial charge in [0, 0.05) is 0 Å². The van der Waals surface area contributed by atoms with Gasteiger partial charge in [0.1, 0.15) is 12.2 Å². The van der Waals surface area contributed by atoms with E-state index in [-0.39, 0.29) is 5.57 Å². The van der Waals surface area contributed by atoms with E-state index in [1.807, 2.05) is 33.8 Å². The van der Waals surface area contributed by atoms with Gasteiger partial charge < -0.3 is 9.47 Å². The second kappa shape index (κ2) is 10.8. The molecule has 1 aliphatic heterocycles. The number of carbonyl (C=O) groups is 3. The van der Waals surface area contributed by atoms with Crippen LogP contribution in [0.15, 0.2) is 54.1 Å². The maximum absolute atomic E-state index is 13.3. The van der Waals surface area contributed by atoms with Gasteiger partial charge in [-0.05, 0) is 103 Å². The van der Waals surface area contributed by atoms with Gasteiger partial charge in [0.25, 0.3) is 11.8 Å². The molecule has 1 saturated heterocycles. The third kappa shape index (κ3) is 5.69. The minimum absolute atomic E-state index is 0.153. The quantitative estimate of drug-likeness (QED) is 0.218. The Hall–Kier alpha value is -3.66. The third-order valence-corrected chi connectivity index (χ3v) is 6.88. The fourth-order valence-corrected chi connectivity index (χ4v) is 4.98. The molecule has 0 aliphatic carbocycles. The predicted octanol–water partition coefficient (Wildman–Crippen LogP) is 5.78. The van der Waals surface area contributed by atoms with Crippen molar-refractivity contribution in [1.29, 1.82) is 0 Å². The van der Waals surface area contributed by atoms with Gasteiger partial charge in [-0.3, -0.25) is 14.9 Å². The molecule has 1 fully saturated rings. The van der Waals surface area contributed by atoms with Gasteiger partial charge in [0.05, 0.1) is 16.4 Å². The molecule has 3 aromatic carbocycles. The highest BCUT2D eigenvalue weighted by atomic mass is 127. The summed E-state index contributed by atoms with van der Waals surface area (Å²) < 4.78 is 12.4. The molecule has 0 saturated carbocycles. The van der Waals surface area contributed by atoms with Crippen LogP contribution in [0.25, 0.3) is 6.08 Å². The third-order valence-electron chi connectivity index (χ3n) is 6.08. The zero-order valence-electron chi connectivity index (χ0n) is 21.3. The van der Waals surface area contributed by atoms with Crippen molar-refractivity contribution in [2.24, 2.45) is 0 Å². The first kappa shape index (κ1) is 26.4. The van der Waals surface area contributed by atoms with Crippen molar-refractivity contribution in [2.45, 2.75) is 34.3 Å². The number of nitrogens with zero attached hydrogens (tertiary/aromatic N) is 1. The number of barbiturate groups is 1. The number of imide groups is 2. The maximum Gasteiger partial charge on any atom is 0.335 e. The zero-order chi connectivity index (χ0) is 26.9. The molecule has 1 aliphatic rings. The molecule has 0 radical (unpaired) electrons. The molecular weight excluding hydrogens is 583 g/mol. The monoisotopic (exact) mass is 610 g/mol. The number of ether oxygens (including phenoxy) is 2. The molecule has 37 heavy (non-hydrogen) atoms. The zero-order valence-corrected chi connectivity index (χ0v) is 23.4. The van der Waals surface area contributed by atoms with Gasteiger partial charge in [-0.2, -0.15) is 0 Å². The van der Waals surface area contributed by atoms with Gasteiger partial charge in [0.2, 0.25) is 0 Å². The van der Waals surface area contributed by atoms with Crippen molar-refractivity contribution in [3.63, 3.8) is 0 Å². The number of aryl methyl sites for hydroxylation is 4. The Bertz CT molecular complexity index is 1440. The summed E-state index contributed by atoms with van der Waals surface area (Å²) in [5, 5.41) is 2.27. The molecule has 0 atom stereocenters. The Balaban J connectivity index is 1.65. The minimum Gasteiger partial charge on any atom is -0.493 e. The molecule has 0 aromatic heterocycles. The van der Waals surface area contributed by atoms with E-state index in [1.54, 1.807) is 24.3 Å². The van der Waals surface area contributed by atoms with Gasteiger partial charge >= 0.3 is 6.03 Å². The molecule has 4 rings (SSSR count). The Morgan fingerprint density at radius 3 is 2.27 bits per heavy atom. The van der Waals surface area contributed by atoms with Crippen molar-refractivity contribution < 1.29 is 23.9 Å². The molecule has 3 aromatic rings. The molecule has 7 nitrogen and oxygen atoms in total. The highest BCUT2D eigenvalue weighted by Crippen LogP contribution is 2.36. The number of hydrogen-bond donors (Lipinski definition) is 1. The fourth-order valence-electron chi connectivity index (χ4n) is 4.19. The van der Waals surface area contributed by atoms with Crippen LogP contribution in [0.2, 0.25) is 0 Å². The summed E-state index contributed by atoms with van der Waals surface area (Å²) in [6.07, 6.45) is 1.45. The molecule has 4 amide bonds. The first-order valence-corrected chi connectivity index (χ1v) is 12.7. The van der Waals surface area contributed by atoms with E-state index in [0.29, 0.717) is 29.4 Å². The van der Waals surface area contributed by atoms with Gasteiger partial charge in [0.15, 0.2) is 11.5 Å². The number of benzene rings is 3. The number of hydrogen-bond acceptors (Lipinski definition) is 5. The molecule has 1 heterocycles. The van der Waals surface area contributed by atoms with Crippen LogP contribution in [-0.2, 0) is 16.2 Å². The highest BCUT2D eigenvalue weighted by molar-refractivity contribution is 14.1. The summed E-state index contributed by atoms with van der Waals surface area (Å²) in [6, 6.07) is 14.2. The largest absolute Gasteiger partial charge is 0.493 e. The first-order chi connectivity index (χ1) is 17.6. The second-order valence-corrected chi connectivity index (χ2v) is 10.2. The van der Waals surface area contributed by atoms with Crippen LogP contribution in [0, 0.1) is 31.3 Å². The molecular formula is C29H27IN2O5. The normalized spacial score (nSPS) is 14.7. The highest BCUT2D eigenvalue weighted by Gasteiger charge is 2.37. The van der Waals surface area contributed by atoms with E-state index >= 15 is 0 Å². The van der Waals surface area contributed by atoms with E-state index in [2.05, 4.69) is 46.1 Å². The van der Waals surface area contributed by atoms with Crippen molar-refractivity contribution in [3.8, 4) is 11.5 Å². The SMILES string of the molecule is COc1cc(/C=C2\C(=O)NC(=O)N(c3ccc(C)c(C)c3)C2=O)cc(I)c1OCc1cc(C)cc(C)c1. The predicted molar refractivity (Wildman–Crippen MR) is 151 cm³/mol. The average molecular weight is 610 g/mol. The van der Waals surface area contributed by atoms with Crippen molar-refractivity contribution >= 4 is 52.2 Å². The number of urea groups is 1. The van der Waals surface area contributed by atoms with Gasteiger partial charge in [-0.25, -0.2) is 9.69 Å². The molecule has 0 bridgehead atoms. The Labute approximate surface area is 229 Å². The lowest BCUT2D eigenvalue weighted by atomic mass is 10.0. The van der Waals surface area contributed by atoms with Crippen molar-refractivity contribution in [1.82, 2.24) is 5.32 Å².